The summed E-state index contributed by atoms with van der Waals surface area (Å²) in [7, 11) is -2.57. The van der Waals surface area contributed by atoms with Crippen LogP contribution in [-0.2, 0) is 14.8 Å². The monoisotopic (exact) mass is 473 g/mol. The molecule has 0 atom stereocenters. The SMILES string of the molecule is CN(CC(=O)Nc1ccc(C(=O)N2CCCC2)cc1)S(=O)(=O)c1ccc2c(c1)OCCCO2. The predicted octanol–water partition coefficient (Wildman–Crippen LogP) is 2.34. The first-order valence-electron chi connectivity index (χ1n) is 10.9. The van der Waals surface area contributed by atoms with Crippen LogP contribution in [0.2, 0.25) is 0 Å². The normalized spacial score (nSPS) is 15.9. The molecule has 0 saturated carbocycles. The molecular formula is C23H27N3O6S. The lowest BCUT2D eigenvalue weighted by Gasteiger charge is -2.18. The second-order valence-corrected chi connectivity index (χ2v) is 10.1. The third-order valence-corrected chi connectivity index (χ3v) is 7.40. The number of likely N-dealkylation sites (N-methyl/N-ethyl adjacent to an activating group) is 1. The number of hydrogen-bond acceptors (Lipinski definition) is 6. The first-order valence-corrected chi connectivity index (χ1v) is 12.3. The van der Waals surface area contributed by atoms with Gasteiger partial charge in [-0.15, -0.1) is 0 Å². The summed E-state index contributed by atoms with van der Waals surface area (Å²) in [5, 5.41) is 2.68. The third-order valence-electron chi connectivity index (χ3n) is 5.60. The van der Waals surface area contributed by atoms with Gasteiger partial charge in [-0.05, 0) is 49.2 Å². The number of amides is 2. The minimum atomic E-state index is -3.91. The molecule has 2 aliphatic rings. The Morgan fingerprint density at radius 1 is 0.970 bits per heavy atom. The smallest absolute Gasteiger partial charge is 0.253 e. The summed E-state index contributed by atoms with van der Waals surface area (Å²) >= 11 is 0. The van der Waals surface area contributed by atoms with Crippen LogP contribution in [0.5, 0.6) is 11.5 Å². The van der Waals surface area contributed by atoms with E-state index in [0.29, 0.717) is 42.4 Å². The molecule has 2 aromatic rings. The van der Waals surface area contributed by atoms with Gasteiger partial charge >= 0.3 is 0 Å². The highest BCUT2D eigenvalue weighted by Gasteiger charge is 2.25. The highest BCUT2D eigenvalue weighted by Crippen LogP contribution is 2.32. The molecule has 2 amide bonds. The van der Waals surface area contributed by atoms with Gasteiger partial charge in [0, 0.05) is 43.9 Å². The van der Waals surface area contributed by atoms with Crippen molar-refractivity contribution in [3.05, 3.63) is 48.0 Å². The van der Waals surface area contributed by atoms with E-state index >= 15 is 0 Å². The second kappa shape index (κ2) is 9.80. The molecule has 33 heavy (non-hydrogen) atoms. The molecule has 0 spiro atoms. The summed E-state index contributed by atoms with van der Waals surface area (Å²) in [4.78, 5) is 26.7. The van der Waals surface area contributed by atoms with E-state index in [9.17, 15) is 18.0 Å². The van der Waals surface area contributed by atoms with Gasteiger partial charge in [-0.25, -0.2) is 8.42 Å². The predicted molar refractivity (Wildman–Crippen MR) is 122 cm³/mol. The molecule has 0 radical (unpaired) electrons. The number of rotatable bonds is 6. The van der Waals surface area contributed by atoms with Gasteiger partial charge < -0.3 is 19.7 Å². The van der Waals surface area contributed by atoms with Crippen molar-refractivity contribution in [3.8, 4) is 11.5 Å². The highest BCUT2D eigenvalue weighted by molar-refractivity contribution is 7.89. The number of carbonyl (C=O) groups is 2. The Hall–Kier alpha value is -3.11. The molecule has 2 aliphatic heterocycles. The molecule has 1 N–H and O–H groups in total. The van der Waals surface area contributed by atoms with E-state index in [1.165, 1.54) is 19.2 Å². The first-order chi connectivity index (χ1) is 15.8. The molecule has 1 saturated heterocycles. The standard InChI is InChI=1S/C23H27N3O6S/c1-25(33(29,30)19-9-10-20-21(15-19)32-14-4-13-31-20)16-22(27)24-18-7-5-17(6-8-18)23(28)26-11-2-3-12-26/h5-10,15H,2-4,11-14,16H2,1H3,(H,24,27). The van der Waals surface area contributed by atoms with Gasteiger partial charge in [-0.1, -0.05) is 0 Å². The molecule has 0 unspecified atom stereocenters. The number of carbonyl (C=O) groups excluding carboxylic acids is 2. The number of ether oxygens (including phenoxy) is 2. The Labute approximate surface area is 193 Å². The molecule has 2 heterocycles. The minimum Gasteiger partial charge on any atom is -0.490 e. The Balaban J connectivity index is 1.38. The number of sulfonamides is 1. The van der Waals surface area contributed by atoms with Gasteiger partial charge in [0.2, 0.25) is 15.9 Å². The molecule has 4 rings (SSSR count). The maximum Gasteiger partial charge on any atom is 0.253 e. The molecule has 10 heteroatoms. The van der Waals surface area contributed by atoms with Crippen LogP contribution < -0.4 is 14.8 Å². The Morgan fingerprint density at radius 2 is 1.64 bits per heavy atom. The van der Waals surface area contributed by atoms with Crippen LogP contribution in [0.3, 0.4) is 0 Å². The Morgan fingerprint density at radius 3 is 2.33 bits per heavy atom. The van der Waals surface area contributed by atoms with Crippen molar-refractivity contribution in [3.63, 3.8) is 0 Å². The number of anilines is 1. The zero-order chi connectivity index (χ0) is 23.4. The van der Waals surface area contributed by atoms with Crippen molar-refractivity contribution in [1.29, 1.82) is 0 Å². The highest BCUT2D eigenvalue weighted by atomic mass is 32.2. The van der Waals surface area contributed by atoms with Gasteiger partial charge in [-0.2, -0.15) is 4.31 Å². The van der Waals surface area contributed by atoms with Crippen molar-refractivity contribution in [2.45, 2.75) is 24.2 Å². The maximum absolute atomic E-state index is 12.9. The largest absolute Gasteiger partial charge is 0.490 e. The zero-order valence-corrected chi connectivity index (χ0v) is 19.3. The number of nitrogens with one attached hydrogen (secondary N) is 1. The average molecular weight is 474 g/mol. The summed E-state index contributed by atoms with van der Waals surface area (Å²) in [5.74, 6) is 0.355. The van der Waals surface area contributed by atoms with Crippen molar-refractivity contribution >= 4 is 27.5 Å². The Kier molecular flexibility index (Phi) is 6.85. The van der Waals surface area contributed by atoms with Gasteiger partial charge in [0.05, 0.1) is 24.7 Å². The summed E-state index contributed by atoms with van der Waals surface area (Å²) in [6.45, 7) is 2.11. The molecule has 2 aromatic carbocycles. The molecule has 0 bridgehead atoms. The van der Waals surface area contributed by atoms with Crippen LogP contribution in [0.15, 0.2) is 47.4 Å². The van der Waals surface area contributed by atoms with E-state index in [1.807, 2.05) is 4.90 Å². The van der Waals surface area contributed by atoms with E-state index in [-0.39, 0.29) is 17.3 Å². The van der Waals surface area contributed by atoms with Gasteiger partial charge in [0.15, 0.2) is 11.5 Å². The second-order valence-electron chi connectivity index (χ2n) is 8.04. The number of hydrogen-bond donors (Lipinski definition) is 1. The number of likely N-dealkylation sites (tertiary alicyclic amines) is 1. The third kappa shape index (κ3) is 5.28. The fraction of sp³-hybridized carbons (Fsp3) is 0.391. The molecule has 9 nitrogen and oxygen atoms in total. The van der Waals surface area contributed by atoms with Crippen molar-refractivity contribution in [2.75, 3.05) is 45.2 Å². The summed E-state index contributed by atoms with van der Waals surface area (Å²) in [5.41, 5.74) is 1.04. The zero-order valence-electron chi connectivity index (χ0n) is 18.5. The van der Waals surface area contributed by atoms with Crippen molar-refractivity contribution in [2.24, 2.45) is 0 Å². The van der Waals surface area contributed by atoms with E-state index in [4.69, 9.17) is 9.47 Å². The lowest BCUT2D eigenvalue weighted by Crippen LogP contribution is -2.35. The van der Waals surface area contributed by atoms with Crippen LogP contribution in [0, 0.1) is 0 Å². The Bertz CT molecular complexity index is 1130. The topological polar surface area (TPSA) is 105 Å². The lowest BCUT2D eigenvalue weighted by atomic mass is 10.2. The summed E-state index contributed by atoms with van der Waals surface area (Å²) in [6, 6.07) is 11.0. The van der Waals surface area contributed by atoms with Crippen molar-refractivity contribution in [1.82, 2.24) is 9.21 Å². The van der Waals surface area contributed by atoms with Crippen LogP contribution in [0.25, 0.3) is 0 Å². The quantitative estimate of drug-likeness (QED) is 0.691. The van der Waals surface area contributed by atoms with E-state index in [0.717, 1.165) is 30.2 Å². The first kappa shape index (κ1) is 23.1. The number of nitrogens with zero attached hydrogens (tertiary/aromatic N) is 2. The number of benzene rings is 2. The van der Waals surface area contributed by atoms with Gasteiger partial charge in [0.1, 0.15) is 0 Å². The minimum absolute atomic E-state index is 0.0202. The molecule has 0 aliphatic carbocycles. The van der Waals surface area contributed by atoms with Crippen LogP contribution >= 0.6 is 0 Å². The maximum atomic E-state index is 12.9. The van der Waals surface area contributed by atoms with Crippen LogP contribution in [0.1, 0.15) is 29.6 Å². The average Bonchev–Trinajstić information content (AvgIpc) is 3.24. The molecule has 176 valence electrons. The van der Waals surface area contributed by atoms with Gasteiger partial charge in [-0.3, -0.25) is 9.59 Å². The molecule has 0 aromatic heterocycles. The van der Waals surface area contributed by atoms with Crippen LogP contribution in [0.4, 0.5) is 5.69 Å². The fourth-order valence-corrected chi connectivity index (χ4v) is 4.91. The summed E-state index contributed by atoms with van der Waals surface area (Å²) < 4.78 is 38.0. The van der Waals surface area contributed by atoms with Gasteiger partial charge in [0.25, 0.3) is 5.91 Å². The molecular weight excluding hydrogens is 446 g/mol. The fourth-order valence-electron chi connectivity index (χ4n) is 3.77. The summed E-state index contributed by atoms with van der Waals surface area (Å²) in [6.07, 6.45) is 2.75. The van der Waals surface area contributed by atoms with E-state index in [2.05, 4.69) is 5.32 Å². The van der Waals surface area contributed by atoms with Crippen LogP contribution in [-0.4, -0.2) is 69.3 Å². The van der Waals surface area contributed by atoms with Crippen molar-refractivity contribution < 1.29 is 27.5 Å². The van der Waals surface area contributed by atoms with E-state index < -0.39 is 15.9 Å². The molecule has 1 fully saturated rings. The lowest BCUT2D eigenvalue weighted by molar-refractivity contribution is -0.116. The van der Waals surface area contributed by atoms with E-state index in [1.54, 1.807) is 30.3 Å². The number of fused-ring (bicyclic) bond motifs is 1.